The highest BCUT2D eigenvalue weighted by Crippen LogP contribution is 2.29. The van der Waals surface area contributed by atoms with Crippen LogP contribution in [0.4, 0.5) is 10.5 Å². The number of rotatable bonds is 6. The number of urea groups is 1. The summed E-state index contributed by atoms with van der Waals surface area (Å²) in [4.78, 5) is 25.5. The largest absolute Gasteiger partial charge is 0.495 e. The normalized spacial score (nSPS) is 14.4. The van der Waals surface area contributed by atoms with Gasteiger partial charge in [-0.15, -0.1) is 0 Å². The highest BCUT2D eigenvalue weighted by Gasteiger charge is 2.22. The van der Waals surface area contributed by atoms with Crippen LogP contribution < -0.4 is 26.0 Å². The van der Waals surface area contributed by atoms with Crippen molar-refractivity contribution in [3.05, 3.63) is 59.7 Å². The first kappa shape index (κ1) is 19.5. The van der Waals surface area contributed by atoms with E-state index in [-0.39, 0.29) is 12.1 Å². The molecule has 0 bridgehead atoms. The maximum absolute atomic E-state index is 12.2. The molecule has 1 fully saturated rings. The van der Waals surface area contributed by atoms with Crippen LogP contribution in [0, 0.1) is 0 Å². The number of amides is 3. The molecule has 1 aliphatic heterocycles. The summed E-state index contributed by atoms with van der Waals surface area (Å²) in [5, 5.41) is 5.89. The lowest BCUT2D eigenvalue weighted by Gasteiger charge is -2.34. The van der Waals surface area contributed by atoms with E-state index in [1.165, 1.54) is 0 Å². The van der Waals surface area contributed by atoms with Crippen molar-refractivity contribution in [3.63, 3.8) is 0 Å². The number of hydrogen-bond donors (Lipinski definition) is 3. The molecule has 0 spiro atoms. The fraction of sp³-hybridized carbons (Fsp3) is 0.333. The monoisotopic (exact) mass is 382 g/mol. The Morgan fingerprint density at radius 1 is 1.11 bits per heavy atom. The highest BCUT2D eigenvalue weighted by molar-refractivity contribution is 5.92. The van der Waals surface area contributed by atoms with Crippen LogP contribution in [-0.4, -0.2) is 38.2 Å². The molecular weight excluding hydrogens is 356 g/mol. The van der Waals surface area contributed by atoms with Gasteiger partial charge in [0.2, 0.25) is 5.91 Å². The molecule has 1 aliphatic rings. The van der Waals surface area contributed by atoms with Crippen LogP contribution in [0.5, 0.6) is 5.75 Å². The molecule has 0 unspecified atom stereocenters. The van der Waals surface area contributed by atoms with Crippen LogP contribution in [0.15, 0.2) is 48.5 Å². The molecule has 7 heteroatoms. The van der Waals surface area contributed by atoms with Crippen LogP contribution in [-0.2, 0) is 6.54 Å². The second-order valence-corrected chi connectivity index (χ2v) is 6.82. The van der Waals surface area contributed by atoms with Crippen LogP contribution in [0.2, 0.25) is 0 Å². The maximum Gasteiger partial charge on any atom is 0.315 e. The SMILES string of the molecule is COc1ccccc1N1CCC(NC(=O)NCc2ccc(C(N)=O)cc2)CC1. The molecule has 148 valence electrons. The van der Waals surface area contributed by atoms with E-state index in [0.29, 0.717) is 12.1 Å². The lowest BCUT2D eigenvalue weighted by atomic mass is 10.0. The zero-order valence-corrected chi connectivity index (χ0v) is 16.0. The fourth-order valence-corrected chi connectivity index (χ4v) is 3.36. The molecule has 0 saturated carbocycles. The Kier molecular flexibility index (Phi) is 6.37. The molecule has 0 radical (unpaired) electrons. The number of primary amides is 1. The summed E-state index contributed by atoms with van der Waals surface area (Å²) >= 11 is 0. The summed E-state index contributed by atoms with van der Waals surface area (Å²) in [6.45, 7) is 2.12. The minimum Gasteiger partial charge on any atom is -0.495 e. The number of carbonyl (C=O) groups excluding carboxylic acids is 2. The number of ether oxygens (including phenoxy) is 1. The summed E-state index contributed by atoms with van der Waals surface area (Å²) in [5.74, 6) is 0.408. The average molecular weight is 382 g/mol. The molecule has 2 aromatic rings. The lowest BCUT2D eigenvalue weighted by Crippen LogP contribution is -2.47. The van der Waals surface area contributed by atoms with E-state index in [1.807, 2.05) is 18.2 Å². The third kappa shape index (κ3) is 4.94. The Bertz CT molecular complexity index is 815. The van der Waals surface area contributed by atoms with Crippen molar-refractivity contribution < 1.29 is 14.3 Å². The maximum atomic E-state index is 12.2. The molecule has 7 nitrogen and oxygen atoms in total. The molecule has 0 atom stereocenters. The van der Waals surface area contributed by atoms with Gasteiger partial charge < -0.3 is 26.0 Å². The van der Waals surface area contributed by atoms with Gasteiger partial charge in [0.1, 0.15) is 5.75 Å². The first-order chi connectivity index (χ1) is 13.6. The number of anilines is 1. The van der Waals surface area contributed by atoms with Crippen molar-refractivity contribution in [3.8, 4) is 5.75 Å². The molecule has 0 aromatic heterocycles. The average Bonchev–Trinajstić information content (AvgIpc) is 2.73. The topological polar surface area (TPSA) is 96.7 Å². The summed E-state index contributed by atoms with van der Waals surface area (Å²) in [5.41, 5.74) is 7.68. The molecular formula is C21H26N4O3. The summed E-state index contributed by atoms with van der Waals surface area (Å²) < 4.78 is 5.44. The molecule has 28 heavy (non-hydrogen) atoms. The zero-order chi connectivity index (χ0) is 19.9. The number of para-hydroxylation sites is 2. The Balaban J connectivity index is 1.44. The van der Waals surface area contributed by atoms with E-state index in [2.05, 4.69) is 21.6 Å². The number of benzene rings is 2. The van der Waals surface area contributed by atoms with E-state index in [9.17, 15) is 9.59 Å². The van der Waals surface area contributed by atoms with Gasteiger partial charge in [-0.25, -0.2) is 4.79 Å². The minimum atomic E-state index is -0.461. The quantitative estimate of drug-likeness (QED) is 0.714. The van der Waals surface area contributed by atoms with Crippen molar-refractivity contribution in [2.45, 2.75) is 25.4 Å². The Hall–Kier alpha value is -3.22. The number of nitrogens with one attached hydrogen (secondary N) is 2. The third-order valence-corrected chi connectivity index (χ3v) is 4.95. The molecule has 3 rings (SSSR count). The molecule has 0 aliphatic carbocycles. The van der Waals surface area contributed by atoms with E-state index in [4.69, 9.17) is 10.5 Å². The van der Waals surface area contributed by atoms with Crippen molar-refractivity contribution in [2.24, 2.45) is 5.73 Å². The van der Waals surface area contributed by atoms with E-state index in [1.54, 1.807) is 31.4 Å². The third-order valence-electron chi connectivity index (χ3n) is 4.95. The molecule has 2 aromatic carbocycles. The van der Waals surface area contributed by atoms with Crippen molar-refractivity contribution in [2.75, 3.05) is 25.1 Å². The molecule has 1 heterocycles. The van der Waals surface area contributed by atoms with E-state index >= 15 is 0 Å². The van der Waals surface area contributed by atoms with Crippen molar-refractivity contribution >= 4 is 17.6 Å². The number of nitrogens with two attached hydrogens (primary N) is 1. The van der Waals surface area contributed by atoms with Gasteiger partial charge >= 0.3 is 6.03 Å². The van der Waals surface area contributed by atoms with Gasteiger partial charge in [-0.1, -0.05) is 24.3 Å². The van der Waals surface area contributed by atoms with Gasteiger partial charge in [0.05, 0.1) is 12.8 Å². The van der Waals surface area contributed by atoms with Crippen LogP contribution in [0.25, 0.3) is 0 Å². The number of hydrogen-bond acceptors (Lipinski definition) is 4. The van der Waals surface area contributed by atoms with Gasteiger partial charge in [-0.2, -0.15) is 0 Å². The predicted molar refractivity (Wildman–Crippen MR) is 109 cm³/mol. The standard InChI is InChI=1S/C21H26N4O3/c1-28-19-5-3-2-4-18(19)25-12-10-17(11-13-25)24-21(27)23-14-15-6-8-16(9-7-15)20(22)26/h2-9,17H,10-14H2,1H3,(H2,22,26)(H2,23,24,27). The number of nitrogens with zero attached hydrogens (tertiary/aromatic N) is 1. The van der Waals surface area contributed by atoms with Gasteiger partial charge in [-0.3, -0.25) is 4.79 Å². The summed E-state index contributed by atoms with van der Waals surface area (Å²) in [7, 11) is 1.68. The Morgan fingerprint density at radius 3 is 2.43 bits per heavy atom. The van der Waals surface area contributed by atoms with Gasteiger partial charge in [-0.05, 0) is 42.7 Å². The predicted octanol–water partition coefficient (Wildman–Crippen LogP) is 2.26. The van der Waals surface area contributed by atoms with Gasteiger partial charge in [0, 0.05) is 31.2 Å². The summed E-state index contributed by atoms with van der Waals surface area (Å²) in [6.07, 6.45) is 1.75. The number of methoxy groups -OCH3 is 1. The van der Waals surface area contributed by atoms with Crippen LogP contribution >= 0.6 is 0 Å². The minimum absolute atomic E-state index is 0.142. The highest BCUT2D eigenvalue weighted by atomic mass is 16.5. The summed E-state index contributed by atoms with van der Waals surface area (Å²) in [6, 6.07) is 14.8. The lowest BCUT2D eigenvalue weighted by molar-refractivity contribution is 0.1000. The van der Waals surface area contributed by atoms with Crippen molar-refractivity contribution in [1.29, 1.82) is 0 Å². The van der Waals surface area contributed by atoms with E-state index < -0.39 is 5.91 Å². The molecule has 3 amide bonds. The number of piperidine rings is 1. The zero-order valence-electron chi connectivity index (χ0n) is 16.0. The first-order valence-electron chi connectivity index (χ1n) is 9.38. The van der Waals surface area contributed by atoms with Gasteiger partial charge in [0.15, 0.2) is 0 Å². The number of carbonyl (C=O) groups is 2. The van der Waals surface area contributed by atoms with Crippen LogP contribution in [0.1, 0.15) is 28.8 Å². The van der Waals surface area contributed by atoms with E-state index in [0.717, 1.165) is 42.9 Å². The Labute approximate surface area is 164 Å². The van der Waals surface area contributed by atoms with Crippen molar-refractivity contribution in [1.82, 2.24) is 10.6 Å². The van der Waals surface area contributed by atoms with Crippen LogP contribution in [0.3, 0.4) is 0 Å². The fourth-order valence-electron chi connectivity index (χ4n) is 3.36. The molecule has 1 saturated heterocycles. The van der Waals surface area contributed by atoms with Gasteiger partial charge in [0.25, 0.3) is 0 Å². The first-order valence-corrected chi connectivity index (χ1v) is 9.38. The second kappa shape index (κ2) is 9.12. The smallest absolute Gasteiger partial charge is 0.315 e. The Morgan fingerprint density at radius 2 is 1.79 bits per heavy atom. The second-order valence-electron chi connectivity index (χ2n) is 6.82. The molecule has 4 N–H and O–H groups in total.